The van der Waals surface area contributed by atoms with E-state index in [1.807, 2.05) is 24.3 Å². The number of benzene rings is 1. The van der Waals surface area contributed by atoms with E-state index < -0.39 is 0 Å². The summed E-state index contributed by atoms with van der Waals surface area (Å²) in [7, 11) is 1.63. The zero-order valence-corrected chi connectivity index (χ0v) is 12.7. The van der Waals surface area contributed by atoms with Gasteiger partial charge in [-0.25, -0.2) is 0 Å². The van der Waals surface area contributed by atoms with Gasteiger partial charge in [0.2, 0.25) is 5.91 Å². The predicted octanol–water partition coefficient (Wildman–Crippen LogP) is 1.92. The normalized spacial score (nSPS) is 17.4. The second kappa shape index (κ2) is 8.82. The van der Waals surface area contributed by atoms with Crippen LogP contribution in [0.2, 0.25) is 0 Å². The van der Waals surface area contributed by atoms with Gasteiger partial charge in [0.05, 0.1) is 13.5 Å². The van der Waals surface area contributed by atoms with Gasteiger partial charge in [-0.15, -0.1) is 12.4 Å². The van der Waals surface area contributed by atoms with Crippen molar-refractivity contribution in [1.82, 2.24) is 10.6 Å². The Kier molecular flexibility index (Phi) is 7.41. The van der Waals surface area contributed by atoms with Crippen molar-refractivity contribution in [2.45, 2.75) is 31.7 Å². The summed E-state index contributed by atoms with van der Waals surface area (Å²) in [4.78, 5) is 11.9. The lowest BCUT2D eigenvalue weighted by Crippen LogP contribution is -2.31. The fraction of sp³-hybridized carbons (Fsp3) is 0.533. The van der Waals surface area contributed by atoms with Gasteiger partial charge in [-0.3, -0.25) is 4.79 Å². The molecule has 1 saturated heterocycles. The number of hydrogen-bond donors (Lipinski definition) is 2. The summed E-state index contributed by atoms with van der Waals surface area (Å²) in [5.74, 6) is 0.831. The molecule has 0 spiro atoms. The van der Waals surface area contributed by atoms with E-state index in [0.717, 1.165) is 30.8 Å². The first-order valence-electron chi connectivity index (χ1n) is 6.91. The molecule has 1 aliphatic rings. The van der Waals surface area contributed by atoms with Crippen LogP contribution in [0.15, 0.2) is 24.3 Å². The highest BCUT2D eigenvalue weighted by molar-refractivity contribution is 5.85. The largest absolute Gasteiger partial charge is 0.496 e. The van der Waals surface area contributed by atoms with E-state index in [0.29, 0.717) is 12.5 Å². The van der Waals surface area contributed by atoms with Gasteiger partial charge in [0.15, 0.2) is 0 Å². The van der Waals surface area contributed by atoms with Crippen LogP contribution in [0.1, 0.15) is 24.8 Å². The summed E-state index contributed by atoms with van der Waals surface area (Å²) in [6.45, 7) is 1.85. The molecule has 5 heteroatoms. The van der Waals surface area contributed by atoms with Gasteiger partial charge in [0.1, 0.15) is 5.75 Å². The molecular weight excluding hydrogens is 276 g/mol. The van der Waals surface area contributed by atoms with Gasteiger partial charge in [-0.2, -0.15) is 0 Å². The summed E-state index contributed by atoms with van der Waals surface area (Å²) in [5.41, 5.74) is 0.932. The first-order chi connectivity index (χ1) is 9.29. The van der Waals surface area contributed by atoms with Crippen LogP contribution in [0, 0.1) is 0 Å². The van der Waals surface area contributed by atoms with Crippen molar-refractivity contribution < 1.29 is 9.53 Å². The Labute approximate surface area is 126 Å². The number of hydrogen-bond acceptors (Lipinski definition) is 3. The molecule has 1 fully saturated rings. The lowest BCUT2D eigenvalue weighted by molar-refractivity contribution is -0.120. The molecule has 0 aliphatic carbocycles. The van der Waals surface area contributed by atoms with Crippen molar-refractivity contribution in [3.63, 3.8) is 0 Å². The number of methoxy groups -OCH3 is 1. The molecule has 1 heterocycles. The Hall–Kier alpha value is -1.26. The van der Waals surface area contributed by atoms with Crippen molar-refractivity contribution in [1.29, 1.82) is 0 Å². The fourth-order valence-electron chi connectivity index (χ4n) is 2.47. The maximum absolute atomic E-state index is 11.9. The molecule has 0 bridgehead atoms. The minimum absolute atomic E-state index is 0. The minimum atomic E-state index is 0. The van der Waals surface area contributed by atoms with E-state index in [-0.39, 0.29) is 18.3 Å². The highest BCUT2D eigenvalue weighted by atomic mass is 35.5. The van der Waals surface area contributed by atoms with E-state index in [4.69, 9.17) is 4.74 Å². The first kappa shape index (κ1) is 16.8. The third kappa shape index (κ3) is 5.02. The Morgan fingerprint density at radius 1 is 1.45 bits per heavy atom. The molecule has 1 aromatic rings. The van der Waals surface area contributed by atoms with Gasteiger partial charge < -0.3 is 15.4 Å². The lowest BCUT2D eigenvalue weighted by atomic mass is 10.1. The van der Waals surface area contributed by atoms with Crippen molar-refractivity contribution in [3.05, 3.63) is 29.8 Å². The van der Waals surface area contributed by atoms with E-state index >= 15 is 0 Å². The molecule has 1 aliphatic heterocycles. The van der Waals surface area contributed by atoms with Crippen LogP contribution in [0.3, 0.4) is 0 Å². The Bertz CT molecular complexity index is 420. The van der Waals surface area contributed by atoms with Crippen LogP contribution in [0.25, 0.3) is 0 Å². The van der Waals surface area contributed by atoms with Crippen LogP contribution in [-0.2, 0) is 11.2 Å². The highest BCUT2D eigenvalue weighted by Gasteiger charge is 2.14. The Morgan fingerprint density at radius 3 is 2.95 bits per heavy atom. The number of rotatable bonds is 6. The SMILES string of the molecule is COc1ccccc1CC(=O)NCC[C@H]1CCCN1.Cl. The zero-order chi connectivity index (χ0) is 13.5. The molecule has 20 heavy (non-hydrogen) atoms. The van der Waals surface area contributed by atoms with Crippen LogP contribution in [-0.4, -0.2) is 32.1 Å². The zero-order valence-electron chi connectivity index (χ0n) is 11.9. The molecular formula is C15H23ClN2O2. The van der Waals surface area contributed by atoms with Crippen molar-refractivity contribution >= 4 is 18.3 Å². The number of ether oxygens (including phenoxy) is 1. The van der Waals surface area contributed by atoms with E-state index in [9.17, 15) is 4.79 Å². The first-order valence-corrected chi connectivity index (χ1v) is 6.91. The molecule has 2 rings (SSSR count). The predicted molar refractivity (Wildman–Crippen MR) is 82.6 cm³/mol. The molecule has 0 unspecified atom stereocenters. The number of carbonyl (C=O) groups is 1. The summed E-state index contributed by atoms with van der Waals surface area (Å²) >= 11 is 0. The molecule has 0 aromatic heterocycles. The minimum Gasteiger partial charge on any atom is -0.496 e. The molecule has 1 amide bonds. The number of carbonyl (C=O) groups excluding carboxylic acids is 1. The lowest BCUT2D eigenvalue weighted by Gasteiger charge is -2.11. The molecule has 2 N–H and O–H groups in total. The van der Waals surface area contributed by atoms with Crippen molar-refractivity contribution in [2.24, 2.45) is 0 Å². The van der Waals surface area contributed by atoms with Crippen LogP contribution >= 0.6 is 12.4 Å². The Balaban J connectivity index is 0.00000200. The molecule has 112 valence electrons. The maximum atomic E-state index is 11.9. The average molecular weight is 299 g/mol. The number of halogens is 1. The van der Waals surface area contributed by atoms with Crippen molar-refractivity contribution in [3.8, 4) is 5.75 Å². The summed E-state index contributed by atoms with van der Waals surface area (Å²) < 4.78 is 5.24. The maximum Gasteiger partial charge on any atom is 0.224 e. The molecule has 1 aromatic carbocycles. The van der Waals surface area contributed by atoms with Crippen LogP contribution in [0.4, 0.5) is 0 Å². The van der Waals surface area contributed by atoms with Crippen LogP contribution < -0.4 is 15.4 Å². The number of amides is 1. The monoisotopic (exact) mass is 298 g/mol. The third-order valence-corrected chi connectivity index (χ3v) is 3.52. The van der Waals surface area contributed by atoms with Crippen molar-refractivity contribution in [2.75, 3.05) is 20.2 Å². The fourth-order valence-corrected chi connectivity index (χ4v) is 2.47. The highest BCUT2D eigenvalue weighted by Crippen LogP contribution is 2.17. The second-order valence-corrected chi connectivity index (χ2v) is 4.92. The summed E-state index contributed by atoms with van der Waals surface area (Å²) in [6.07, 6.45) is 3.86. The van der Waals surface area contributed by atoms with E-state index in [2.05, 4.69) is 10.6 Å². The number of para-hydroxylation sites is 1. The van der Waals surface area contributed by atoms with Gasteiger partial charge >= 0.3 is 0 Å². The van der Waals surface area contributed by atoms with E-state index in [1.165, 1.54) is 12.8 Å². The molecule has 1 atom stereocenters. The quantitative estimate of drug-likeness (QED) is 0.843. The third-order valence-electron chi connectivity index (χ3n) is 3.52. The topological polar surface area (TPSA) is 50.4 Å². The van der Waals surface area contributed by atoms with E-state index in [1.54, 1.807) is 7.11 Å². The van der Waals surface area contributed by atoms with Crippen LogP contribution in [0.5, 0.6) is 5.75 Å². The molecule has 4 nitrogen and oxygen atoms in total. The van der Waals surface area contributed by atoms with Gasteiger partial charge in [0.25, 0.3) is 0 Å². The standard InChI is InChI=1S/C15H22N2O2.ClH/c1-19-14-7-3-2-5-12(14)11-15(18)17-10-8-13-6-4-9-16-13;/h2-3,5,7,13,16H,4,6,8-11H2,1H3,(H,17,18);1H/t13-;/m1./s1. The second-order valence-electron chi connectivity index (χ2n) is 4.92. The molecule has 0 radical (unpaired) electrons. The molecule has 0 saturated carbocycles. The van der Waals surface area contributed by atoms with Gasteiger partial charge in [0, 0.05) is 18.2 Å². The average Bonchev–Trinajstić information content (AvgIpc) is 2.92. The van der Waals surface area contributed by atoms with Gasteiger partial charge in [-0.1, -0.05) is 18.2 Å². The smallest absolute Gasteiger partial charge is 0.224 e. The number of nitrogens with one attached hydrogen (secondary N) is 2. The van der Waals surface area contributed by atoms with Gasteiger partial charge in [-0.05, 0) is 31.9 Å². The summed E-state index contributed by atoms with van der Waals surface area (Å²) in [5, 5.41) is 6.40. The Morgan fingerprint density at radius 2 is 2.25 bits per heavy atom. The summed E-state index contributed by atoms with van der Waals surface area (Å²) in [6, 6.07) is 8.22.